The summed E-state index contributed by atoms with van der Waals surface area (Å²) in [5.74, 6) is -0.688. The van der Waals surface area contributed by atoms with Crippen molar-refractivity contribution in [2.75, 3.05) is 0 Å². The van der Waals surface area contributed by atoms with Crippen LogP contribution in [0.25, 0.3) is 0 Å². The summed E-state index contributed by atoms with van der Waals surface area (Å²) in [6.45, 7) is 10.9. The van der Waals surface area contributed by atoms with E-state index in [9.17, 15) is 4.79 Å². The quantitative estimate of drug-likeness (QED) is 0.641. The van der Waals surface area contributed by atoms with Crippen molar-refractivity contribution < 1.29 is 9.90 Å². The summed E-state index contributed by atoms with van der Waals surface area (Å²) in [5.41, 5.74) is 4.42. The fourth-order valence-corrected chi connectivity index (χ4v) is 3.02. The molecule has 1 N–H and O–H groups in total. The van der Waals surface area contributed by atoms with E-state index in [1.165, 1.54) is 36.0 Å². The van der Waals surface area contributed by atoms with Crippen molar-refractivity contribution in [1.29, 1.82) is 0 Å². The maximum absolute atomic E-state index is 10.6. The Balaban J connectivity index is 2.71. The summed E-state index contributed by atoms with van der Waals surface area (Å²) in [5, 5.41) is 8.73. The van der Waals surface area contributed by atoms with Gasteiger partial charge in [-0.2, -0.15) is 0 Å². The first-order chi connectivity index (χ1) is 10.2. The predicted molar refractivity (Wildman–Crippen MR) is 93.8 cm³/mol. The summed E-state index contributed by atoms with van der Waals surface area (Å²) in [7, 11) is 0. The summed E-state index contributed by atoms with van der Waals surface area (Å²) >= 11 is 0. The van der Waals surface area contributed by atoms with E-state index in [-0.39, 0.29) is 17.8 Å². The lowest BCUT2D eigenvalue weighted by Gasteiger charge is -2.32. The van der Waals surface area contributed by atoms with Crippen LogP contribution in [0.3, 0.4) is 0 Å². The van der Waals surface area contributed by atoms with E-state index in [1.807, 2.05) is 25.2 Å². The van der Waals surface area contributed by atoms with Gasteiger partial charge in [0.25, 0.3) is 0 Å². The molecule has 1 unspecified atom stereocenters. The van der Waals surface area contributed by atoms with Gasteiger partial charge in [0, 0.05) is 0 Å². The SMILES string of the molecule is CC1=C(\C=C/C(C)=C\C=C/C(C)CC(=O)O)C(C)(C)CCC1. The number of hydrogen-bond donors (Lipinski definition) is 1. The Morgan fingerprint density at radius 3 is 2.68 bits per heavy atom. The second kappa shape index (κ2) is 8.17. The highest BCUT2D eigenvalue weighted by Gasteiger charge is 2.26. The van der Waals surface area contributed by atoms with Crippen LogP contribution in [-0.4, -0.2) is 11.1 Å². The van der Waals surface area contributed by atoms with Crippen molar-refractivity contribution in [1.82, 2.24) is 0 Å². The highest BCUT2D eigenvalue weighted by Crippen LogP contribution is 2.40. The van der Waals surface area contributed by atoms with Crippen LogP contribution in [0.4, 0.5) is 0 Å². The summed E-state index contributed by atoms with van der Waals surface area (Å²) in [4.78, 5) is 10.6. The number of allylic oxidation sites excluding steroid dienone is 8. The molecule has 1 rings (SSSR count). The first kappa shape index (κ1) is 18.5. The largest absolute Gasteiger partial charge is 0.481 e. The molecule has 0 fully saturated rings. The molecule has 0 spiro atoms. The molecule has 0 saturated heterocycles. The Morgan fingerprint density at radius 2 is 2.09 bits per heavy atom. The zero-order chi connectivity index (χ0) is 16.8. The molecule has 0 aromatic heterocycles. The second-order valence-electron chi connectivity index (χ2n) is 7.14. The minimum absolute atomic E-state index is 0.0627. The van der Waals surface area contributed by atoms with Crippen molar-refractivity contribution in [3.05, 3.63) is 47.1 Å². The monoisotopic (exact) mass is 302 g/mol. The van der Waals surface area contributed by atoms with Crippen LogP contribution in [0.1, 0.15) is 60.3 Å². The molecular weight excluding hydrogens is 272 g/mol. The van der Waals surface area contributed by atoms with Gasteiger partial charge in [0.1, 0.15) is 0 Å². The maximum atomic E-state index is 10.6. The zero-order valence-corrected chi connectivity index (χ0v) is 14.6. The van der Waals surface area contributed by atoms with E-state index >= 15 is 0 Å². The molecule has 0 aromatic carbocycles. The van der Waals surface area contributed by atoms with Crippen LogP contribution in [0.5, 0.6) is 0 Å². The van der Waals surface area contributed by atoms with Crippen LogP contribution >= 0.6 is 0 Å². The number of aliphatic carboxylic acids is 1. The van der Waals surface area contributed by atoms with Gasteiger partial charge in [-0.3, -0.25) is 4.79 Å². The third-order valence-corrected chi connectivity index (χ3v) is 4.35. The number of carbonyl (C=O) groups is 1. The van der Waals surface area contributed by atoms with Gasteiger partial charge in [-0.15, -0.1) is 0 Å². The Hall–Kier alpha value is -1.57. The topological polar surface area (TPSA) is 37.3 Å². The Labute approximate surface area is 135 Å². The van der Waals surface area contributed by atoms with Gasteiger partial charge in [0.05, 0.1) is 6.42 Å². The lowest BCUT2D eigenvalue weighted by Crippen LogP contribution is -2.19. The summed E-state index contributed by atoms with van der Waals surface area (Å²) < 4.78 is 0. The summed E-state index contributed by atoms with van der Waals surface area (Å²) in [6.07, 6.45) is 14.3. The molecule has 1 aliphatic carbocycles. The van der Waals surface area contributed by atoms with Crippen molar-refractivity contribution in [3.8, 4) is 0 Å². The van der Waals surface area contributed by atoms with Gasteiger partial charge in [-0.05, 0) is 50.0 Å². The first-order valence-corrected chi connectivity index (χ1v) is 8.17. The molecule has 0 saturated carbocycles. The average molecular weight is 302 g/mol. The minimum Gasteiger partial charge on any atom is -0.481 e. The molecule has 0 bridgehead atoms. The number of rotatable bonds is 6. The molecule has 122 valence electrons. The van der Waals surface area contributed by atoms with Crippen molar-refractivity contribution in [2.24, 2.45) is 11.3 Å². The Kier molecular flexibility index (Phi) is 6.86. The number of carboxylic acids is 1. The number of carboxylic acid groups (broad SMARTS) is 1. The van der Waals surface area contributed by atoms with E-state index in [2.05, 4.69) is 39.8 Å². The molecular formula is C20H30O2. The molecule has 2 heteroatoms. The highest BCUT2D eigenvalue weighted by molar-refractivity contribution is 5.67. The second-order valence-corrected chi connectivity index (χ2v) is 7.14. The van der Waals surface area contributed by atoms with E-state index in [4.69, 9.17) is 5.11 Å². The van der Waals surface area contributed by atoms with Crippen LogP contribution in [0.15, 0.2) is 47.1 Å². The molecule has 1 atom stereocenters. The molecule has 2 nitrogen and oxygen atoms in total. The normalized spacial score (nSPS) is 20.9. The van der Waals surface area contributed by atoms with Gasteiger partial charge < -0.3 is 5.11 Å². The average Bonchev–Trinajstić information content (AvgIpc) is 2.36. The van der Waals surface area contributed by atoms with E-state index in [1.54, 1.807) is 0 Å². The maximum Gasteiger partial charge on any atom is 0.303 e. The lowest BCUT2D eigenvalue weighted by molar-refractivity contribution is -0.137. The zero-order valence-electron chi connectivity index (χ0n) is 14.6. The third-order valence-electron chi connectivity index (χ3n) is 4.35. The van der Waals surface area contributed by atoms with Crippen molar-refractivity contribution in [3.63, 3.8) is 0 Å². The fourth-order valence-electron chi connectivity index (χ4n) is 3.02. The molecule has 22 heavy (non-hydrogen) atoms. The molecule has 1 aliphatic rings. The Bertz CT molecular complexity index is 516. The standard InChI is InChI=1S/C20H30O2/c1-15(8-6-9-16(2)14-19(21)22)11-12-18-17(3)10-7-13-20(18,4)5/h6,8-9,11-12,16H,7,10,13-14H2,1-5H3,(H,21,22)/b9-6-,12-11-,15-8-. The van der Waals surface area contributed by atoms with Gasteiger partial charge in [0.2, 0.25) is 0 Å². The minimum atomic E-state index is -0.750. The molecule has 0 heterocycles. The first-order valence-electron chi connectivity index (χ1n) is 8.17. The smallest absolute Gasteiger partial charge is 0.303 e. The van der Waals surface area contributed by atoms with Gasteiger partial charge >= 0.3 is 5.97 Å². The van der Waals surface area contributed by atoms with Crippen molar-refractivity contribution in [2.45, 2.75) is 60.3 Å². The molecule has 0 radical (unpaired) electrons. The van der Waals surface area contributed by atoms with Crippen LogP contribution in [-0.2, 0) is 4.79 Å². The highest BCUT2D eigenvalue weighted by atomic mass is 16.4. The molecule has 0 amide bonds. The van der Waals surface area contributed by atoms with Crippen LogP contribution < -0.4 is 0 Å². The van der Waals surface area contributed by atoms with E-state index in [0.29, 0.717) is 0 Å². The predicted octanol–water partition coefficient (Wildman–Crippen LogP) is 5.68. The fraction of sp³-hybridized carbons (Fsp3) is 0.550. The van der Waals surface area contributed by atoms with Crippen LogP contribution in [0, 0.1) is 11.3 Å². The third kappa shape index (κ3) is 6.05. The summed E-state index contributed by atoms with van der Waals surface area (Å²) in [6, 6.07) is 0. The van der Waals surface area contributed by atoms with Gasteiger partial charge in [0.15, 0.2) is 0 Å². The lowest BCUT2D eigenvalue weighted by atomic mass is 9.72. The van der Waals surface area contributed by atoms with Crippen molar-refractivity contribution >= 4 is 5.97 Å². The Morgan fingerprint density at radius 1 is 1.41 bits per heavy atom. The van der Waals surface area contributed by atoms with E-state index in [0.717, 1.165) is 0 Å². The number of hydrogen-bond acceptors (Lipinski definition) is 1. The van der Waals surface area contributed by atoms with Gasteiger partial charge in [-0.25, -0.2) is 0 Å². The molecule has 0 aliphatic heterocycles. The van der Waals surface area contributed by atoms with Crippen LogP contribution in [0.2, 0.25) is 0 Å². The van der Waals surface area contributed by atoms with E-state index < -0.39 is 5.97 Å². The van der Waals surface area contributed by atoms with Gasteiger partial charge in [-0.1, -0.05) is 62.3 Å². The molecule has 0 aromatic rings.